The molecule has 200 valence electrons. The average molecular weight is 483 g/mol. The fraction of sp³-hybridized carbons (Fsp3) is 0.824. The van der Waals surface area contributed by atoms with E-state index in [9.17, 15) is 0 Å². The topological polar surface area (TPSA) is 9.23 Å². The first kappa shape index (κ1) is 28.6. The lowest BCUT2D eigenvalue weighted by Gasteiger charge is -2.38. The minimum atomic E-state index is 0.872. The first-order valence-corrected chi connectivity index (χ1v) is 16.0. The van der Waals surface area contributed by atoms with Gasteiger partial charge in [0.15, 0.2) is 0 Å². The molecule has 0 saturated heterocycles. The van der Waals surface area contributed by atoms with Crippen LogP contribution in [0.1, 0.15) is 148 Å². The smallest absolute Gasteiger partial charge is 0.119 e. The molecule has 0 bridgehead atoms. The van der Waals surface area contributed by atoms with Gasteiger partial charge in [-0.1, -0.05) is 116 Å². The van der Waals surface area contributed by atoms with Crippen molar-refractivity contribution in [1.29, 1.82) is 0 Å². The zero-order valence-corrected chi connectivity index (χ0v) is 23.6. The molecule has 35 heavy (non-hydrogen) atoms. The second kappa shape index (κ2) is 17.5. The summed E-state index contributed by atoms with van der Waals surface area (Å²) in [7, 11) is 0. The second-order valence-corrected chi connectivity index (χ2v) is 12.2. The summed E-state index contributed by atoms with van der Waals surface area (Å²) in [6.45, 7) is 5.49. The maximum atomic E-state index is 5.98. The van der Waals surface area contributed by atoms with Crippen molar-refractivity contribution < 1.29 is 4.74 Å². The molecule has 1 aromatic rings. The zero-order chi connectivity index (χ0) is 24.6. The lowest BCUT2D eigenvalue weighted by atomic mass is 9.68. The molecule has 3 rings (SSSR count). The van der Waals surface area contributed by atoms with E-state index in [1.54, 1.807) is 12.8 Å². The summed E-state index contributed by atoms with van der Waals surface area (Å²) in [6.07, 6.45) is 30.0. The molecule has 0 atom stereocenters. The molecule has 0 N–H and O–H groups in total. The SMILES string of the molecule is CCCCCCCCCOc1ccc(CCC2CCC(C3CCC(CCCCC)CC3)CC2)cc1. The number of rotatable bonds is 17. The van der Waals surface area contributed by atoms with Crippen molar-refractivity contribution in [2.24, 2.45) is 23.7 Å². The van der Waals surface area contributed by atoms with E-state index in [0.717, 1.165) is 36.0 Å². The number of aryl methyl sites for hydroxylation is 1. The summed E-state index contributed by atoms with van der Waals surface area (Å²) in [5.41, 5.74) is 1.50. The van der Waals surface area contributed by atoms with Crippen LogP contribution in [-0.2, 0) is 6.42 Å². The van der Waals surface area contributed by atoms with Crippen LogP contribution in [0.2, 0.25) is 0 Å². The fourth-order valence-electron chi connectivity index (χ4n) is 6.95. The standard InChI is InChI=1S/C34H58O/c1-3-5-7-8-9-10-12-28-35-34-26-20-31(21-27-34)15-14-30-18-24-33(25-19-30)32-22-16-29(17-23-32)13-11-6-4-2/h20-21,26-27,29-30,32-33H,3-19,22-25,28H2,1-2H3. The van der Waals surface area contributed by atoms with Gasteiger partial charge in [0.05, 0.1) is 6.61 Å². The Balaban J connectivity index is 1.23. The summed E-state index contributed by atoms with van der Waals surface area (Å²) >= 11 is 0. The molecule has 2 saturated carbocycles. The van der Waals surface area contributed by atoms with E-state index in [1.165, 1.54) is 128 Å². The summed E-state index contributed by atoms with van der Waals surface area (Å²) in [4.78, 5) is 0. The van der Waals surface area contributed by atoms with E-state index >= 15 is 0 Å². The highest BCUT2D eigenvalue weighted by Gasteiger charge is 2.30. The largest absolute Gasteiger partial charge is 0.494 e. The predicted octanol–water partition coefficient (Wildman–Crippen LogP) is 10.9. The molecule has 2 aliphatic rings. The van der Waals surface area contributed by atoms with Crippen LogP contribution in [0.25, 0.3) is 0 Å². The molecule has 1 nitrogen and oxygen atoms in total. The molecule has 0 radical (unpaired) electrons. The molecule has 0 amide bonds. The summed E-state index contributed by atoms with van der Waals surface area (Å²) in [6, 6.07) is 9.02. The van der Waals surface area contributed by atoms with Gasteiger partial charge in [-0.05, 0) is 86.3 Å². The van der Waals surface area contributed by atoms with Crippen LogP contribution >= 0.6 is 0 Å². The lowest BCUT2D eigenvalue weighted by molar-refractivity contribution is 0.140. The van der Waals surface area contributed by atoms with E-state index < -0.39 is 0 Å². The van der Waals surface area contributed by atoms with Crippen molar-refractivity contribution in [1.82, 2.24) is 0 Å². The highest BCUT2D eigenvalue weighted by Crippen LogP contribution is 2.43. The Labute approximate surface area is 219 Å². The zero-order valence-electron chi connectivity index (χ0n) is 23.6. The normalized spacial score (nSPS) is 25.0. The maximum absolute atomic E-state index is 5.98. The minimum absolute atomic E-state index is 0.872. The molecule has 0 unspecified atom stereocenters. The van der Waals surface area contributed by atoms with E-state index in [0.29, 0.717) is 0 Å². The Morgan fingerprint density at radius 1 is 0.571 bits per heavy atom. The fourth-order valence-corrected chi connectivity index (χ4v) is 6.95. The van der Waals surface area contributed by atoms with Gasteiger partial charge in [-0.15, -0.1) is 0 Å². The van der Waals surface area contributed by atoms with Crippen molar-refractivity contribution >= 4 is 0 Å². The number of hydrogen-bond acceptors (Lipinski definition) is 1. The Morgan fingerprint density at radius 3 is 1.69 bits per heavy atom. The van der Waals surface area contributed by atoms with Gasteiger partial charge in [-0.3, -0.25) is 0 Å². The third kappa shape index (κ3) is 11.3. The van der Waals surface area contributed by atoms with Crippen LogP contribution in [0.3, 0.4) is 0 Å². The Hall–Kier alpha value is -0.980. The minimum Gasteiger partial charge on any atom is -0.494 e. The first-order valence-electron chi connectivity index (χ1n) is 16.0. The van der Waals surface area contributed by atoms with Gasteiger partial charge in [0, 0.05) is 0 Å². The molecule has 1 heteroatoms. The average Bonchev–Trinajstić information content (AvgIpc) is 2.90. The van der Waals surface area contributed by atoms with Gasteiger partial charge in [0.25, 0.3) is 0 Å². The van der Waals surface area contributed by atoms with Crippen LogP contribution < -0.4 is 4.74 Å². The van der Waals surface area contributed by atoms with Gasteiger partial charge < -0.3 is 4.74 Å². The molecular weight excluding hydrogens is 424 g/mol. The molecule has 0 spiro atoms. The van der Waals surface area contributed by atoms with E-state index in [4.69, 9.17) is 4.74 Å². The lowest BCUT2D eigenvalue weighted by Crippen LogP contribution is -2.26. The van der Waals surface area contributed by atoms with E-state index in [-0.39, 0.29) is 0 Å². The van der Waals surface area contributed by atoms with Crippen molar-refractivity contribution in [2.75, 3.05) is 6.61 Å². The Kier molecular flexibility index (Phi) is 14.3. The van der Waals surface area contributed by atoms with Gasteiger partial charge in [0.1, 0.15) is 5.75 Å². The van der Waals surface area contributed by atoms with Gasteiger partial charge in [-0.25, -0.2) is 0 Å². The maximum Gasteiger partial charge on any atom is 0.119 e. The van der Waals surface area contributed by atoms with Crippen molar-refractivity contribution in [3.63, 3.8) is 0 Å². The molecule has 0 aliphatic heterocycles. The third-order valence-electron chi connectivity index (χ3n) is 9.45. The van der Waals surface area contributed by atoms with Gasteiger partial charge in [0.2, 0.25) is 0 Å². The van der Waals surface area contributed by atoms with Crippen LogP contribution in [0.5, 0.6) is 5.75 Å². The van der Waals surface area contributed by atoms with Crippen molar-refractivity contribution in [3.8, 4) is 5.75 Å². The molecule has 2 fully saturated rings. The van der Waals surface area contributed by atoms with Crippen LogP contribution in [0.4, 0.5) is 0 Å². The Morgan fingerprint density at radius 2 is 1.09 bits per heavy atom. The van der Waals surface area contributed by atoms with Crippen LogP contribution in [0, 0.1) is 23.7 Å². The van der Waals surface area contributed by atoms with E-state index in [2.05, 4.69) is 38.1 Å². The molecule has 0 aromatic heterocycles. The third-order valence-corrected chi connectivity index (χ3v) is 9.45. The van der Waals surface area contributed by atoms with Gasteiger partial charge >= 0.3 is 0 Å². The Bertz CT molecular complexity index is 618. The number of ether oxygens (including phenoxy) is 1. The summed E-state index contributed by atoms with van der Waals surface area (Å²) in [5, 5.41) is 0. The molecule has 0 heterocycles. The number of benzene rings is 1. The highest BCUT2D eigenvalue weighted by molar-refractivity contribution is 5.27. The predicted molar refractivity (Wildman–Crippen MR) is 153 cm³/mol. The number of hydrogen-bond donors (Lipinski definition) is 0. The van der Waals surface area contributed by atoms with E-state index in [1.807, 2.05) is 0 Å². The first-order chi connectivity index (χ1) is 17.3. The van der Waals surface area contributed by atoms with Crippen LogP contribution in [-0.4, -0.2) is 6.61 Å². The summed E-state index contributed by atoms with van der Waals surface area (Å²) < 4.78 is 5.98. The highest BCUT2D eigenvalue weighted by atomic mass is 16.5. The quantitative estimate of drug-likeness (QED) is 0.201. The summed E-state index contributed by atoms with van der Waals surface area (Å²) in [5.74, 6) is 5.19. The second-order valence-electron chi connectivity index (χ2n) is 12.2. The number of unbranched alkanes of at least 4 members (excludes halogenated alkanes) is 8. The van der Waals surface area contributed by atoms with Gasteiger partial charge in [-0.2, -0.15) is 0 Å². The molecular formula is C34H58O. The molecule has 1 aromatic carbocycles. The van der Waals surface area contributed by atoms with Crippen molar-refractivity contribution in [2.45, 2.75) is 149 Å². The molecule has 2 aliphatic carbocycles. The van der Waals surface area contributed by atoms with Crippen molar-refractivity contribution in [3.05, 3.63) is 29.8 Å². The monoisotopic (exact) mass is 482 g/mol. The van der Waals surface area contributed by atoms with Crippen LogP contribution in [0.15, 0.2) is 24.3 Å².